The molecule has 1 aromatic rings. The molecule has 2 rings (SSSR count). The predicted molar refractivity (Wildman–Crippen MR) is 87.3 cm³/mol. The largest absolute Gasteiger partial charge is 0.476 e. The van der Waals surface area contributed by atoms with Crippen LogP contribution in [-0.4, -0.2) is 30.1 Å². The topological polar surface area (TPSA) is 64.6 Å². The third kappa shape index (κ3) is 4.71. The zero-order valence-corrected chi connectivity index (χ0v) is 13.6. The molecule has 1 aliphatic heterocycles. The van der Waals surface area contributed by atoms with Gasteiger partial charge in [-0.25, -0.2) is 0 Å². The molecule has 0 fully saturated rings. The van der Waals surface area contributed by atoms with Crippen molar-refractivity contribution in [1.29, 1.82) is 0 Å². The van der Waals surface area contributed by atoms with Gasteiger partial charge in [-0.1, -0.05) is 36.9 Å². The van der Waals surface area contributed by atoms with Crippen LogP contribution in [0.2, 0.25) is 0 Å². The van der Waals surface area contributed by atoms with Gasteiger partial charge in [0.15, 0.2) is 0 Å². The van der Waals surface area contributed by atoms with Crippen LogP contribution in [-0.2, 0) is 19.1 Å². The highest BCUT2D eigenvalue weighted by atomic mass is 16.6. The summed E-state index contributed by atoms with van der Waals surface area (Å²) < 4.78 is 10.6. The van der Waals surface area contributed by atoms with Gasteiger partial charge in [0.1, 0.15) is 17.9 Å². The molecule has 0 saturated heterocycles. The second kappa shape index (κ2) is 6.69. The minimum Gasteiger partial charge on any atom is -0.476 e. The van der Waals surface area contributed by atoms with E-state index in [1.54, 1.807) is 26.8 Å². The molecule has 0 radical (unpaired) electrons. The van der Waals surface area contributed by atoms with E-state index >= 15 is 0 Å². The summed E-state index contributed by atoms with van der Waals surface area (Å²) in [7, 11) is 0. The molecule has 0 bridgehead atoms. The smallest absolute Gasteiger partial charge is 0.325 e. The average molecular weight is 315 g/mol. The second-order valence-corrected chi connectivity index (χ2v) is 6.23. The number of carbonyl (C=O) groups is 2. The van der Waals surface area contributed by atoms with Crippen molar-refractivity contribution >= 4 is 17.4 Å². The first-order chi connectivity index (χ1) is 10.8. The normalized spacial score (nSPS) is 17.3. The van der Waals surface area contributed by atoms with Crippen molar-refractivity contribution in [2.24, 2.45) is 0 Å². The summed E-state index contributed by atoms with van der Waals surface area (Å²) in [6.45, 7) is 8.84. The second-order valence-electron chi connectivity index (χ2n) is 6.23. The van der Waals surface area contributed by atoms with Crippen LogP contribution in [0.1, 0.15) is 26.3 Å². The van der Waals surface area contributed by atoms with E-state index in [0.29, 0.717) is 5.76 Å². The fourth-order valence-corrected chi connectivity index (χ4v) is 2.19. The maximum atomic E-state index is 12.3. The van der Waals surface area contributed by atoms with Gasteiger partial charge >= 0.3 is 5.97 Å². The van der Waals surface area contributed by atoms with Crippen LogP contribution in [0.5, 0.6) is 0 Å². The molecule has 1 unspecified atom stereocenters. The molecule has 1 atom stereocenters. The monoisotopic (exact) mass is 315 g/mol. The molecule has 1 amide bonds. The Kier molecular flexibility index (Phi) is 4.89. The fraction of sp³-hybridized carbons (Fsp3) is 0.333. The van der Waals surface area contributed by atoms with Crippen LogP contribution in [0.25, 0.3) is 5.57 Å². The quantitative estimate of drug-likeness (QED) is 0.867. The third-order valence-electron chi connectivity index (χ3n) is 3.04. The van der Waals surface area contributed by atoms with Crippen LogP contribution >= 0.6 is 0 Å². The van der Waals surface area contributed by atoms with Crippen molar-refractivity contribution in [3.8, 4) is 0 Å². The van der Waals surface area contributed by atoms with Gasteiger partial charge in [-0.05, 0) is 32.4 Å². The van der Waals surface area contributed by atoms with Gasteiger partial charge in [-0.15, -0.1) is 0 Å². The van der Waals surface area contributed by atoms with Crippen LogP contribution in [0.15, 0.2) is 48.7 Å². The molecule has 1 N–H and O–H groups in total. The van der Waals surface area contributed by atoms with Crippen molar-refractivity contribution < 1.29 is 19.1 Å². The molecule has 1 aromatic carbocycles. The Bertz CT molecular complexity index is 641. The Morgan fingerprint density at radius 3 is 2.52 bits per heavy atom. The van der Waals surface area contributed by atoms with E-state index in [9.17, 15) is 9.59 Å². The van der Waals surface area contributed by atoms with E-state index in [1.165, 1.54) is 0 Å². The van der Waals surface area contributed by atoms with Crippen molar-refractivity contribution in [3.63, 3.8) is 0 Å². The number of rotatable bonds is 4. The standard InChI is InChI=1S/C18H21NO4/c1-12-10-14(13-8-6-5-7-9-13)16(22-12)17(21)19-11-15(20)23-18(2,3)4/h5-10,16H,1,11H2,2-4H3,(H,19,21). The van der Waals surface area contributed by atoms with Crippen LogP contribution < -0.4 is 5.32 Å². The van der Waals surface area contributed by atoms with E-state index in [-0.39, 0.29) is 6.54 Å². The zero-order valence-electron chi connectivity index (χ0n) is 13.6. The average Bonchev–Trinajstić information content (AvgIpc) is 2.86. The zero-order chi connectivity index (χ0) is 17.0. The summed E-state index contributed by atoms with van der Waals surface area (Å²) in [6.07, 6.45) is 0.917. The van der Waals surface area contributed by atoms with Gasteiger partial charge in [0.2, 0.25) is 6.10 Å². The van der Waals surface area contributed by atoms with E-state index in [4.69, 9.17) is 9.47 Å². The molecule has 122 valence electrons. The summed E-state index contributed by atoms with van der Waals surface area (Å²) in [5.74, 6) is -0.473. The van der Waals surface area contributed by atoms with Crippen LogP contribution in [0.4, 0.5) is 0 Å². The maximum Gasteiger partial charge on any atom is 0.325 e. The van der Waals surface area contributed by atoms with Gasteiger partial charge in [0.25, 0.3) is 5.91 Å². The summed E-state index contributed by atoms with van der Waals surface area (Å²) >= 11 is 0. The van der Waals surface area contributed by atoms with E-state index in [0.717, 1.165) is 11.1 Å². The molecule has 5 nitrogen and oxygen atoms in total. The third-order valence-corrected chi connectivity index (χ3v) is 3.04. The van der Waals surface area contributed by atoms with Gasteiger partial charge in [0.05, 0.1) is 0 Å². The Morgan fingerprint density at radius 1 is 1.26 bits per heavy atom. The first kappa shape index (κ1) is 16.8. The Balaban J connectivity index is 2.00. The number of allylic oxidation sites excluding steroid dienone is 1. The number of carbonyl (C=O) groups excluding carboxylic acids is 2. The van der Waals surface area contributed by atoms with Crippen molar-refractivity contribution in [1.82, 2.24) is 5.32 Å². The van der Waals surface area contributed by atoms with Crippen LogP contribution in [0.3, 0.4) is 0 Å². The molecule has 1 heterocycles. The molecule has 1 aliphatic rings. The van der Waals surface area contributed by atoms with Gasteiger partial charge in [-0.2, -0.15) is 0 Å². The highest BCUT2D eigenvalue weighted by Crippen LogP contribution is 2.30. The Labute approximate surface area is 136 Å². The number of benzene rings is 1. The Morgan fingerprint density at radius 2 is 1.91 bits per heavy atom. The molecular formula is C18H21NO4. The molecule has 0 aliphatic carbocycles. The number of hydrogen-bond acceptors (Lipinski definition) is 4. The molecule has 23 heavy (non-hydrogen) atoms. The number of esters is 1. The summed E-state index contributed by atoms with van der Waals surface area (Å²) in [6, 6.07) is 9.44. The first-order valence-corrected chi connectivity index (χ1v) is 7.38. The maximum absolute atomic E-state index is 12.3. The summed E-state index contributed by atoms with van der Waals surface area (Å²) in [4.78, 5) is 24.0. The molecule has 0 spiro atoms. The molecule has 0 aromatic heterocycles. The lowest BCUT2D eigenvalue weighted by Gasteiger charge is -2.20. The molecule has 5 heteroatoms. The summed E-state index contributed by atoms with van der Waals surface area (Å²) in [5.41, 5.74) is 1.01. The van der Waals surface area contributed by atoms with E-state index < -0.39 is 23.6 Å². The van der Waals surface area contributed by atoms with Crippen molar-refractivity contribution in [2.45, 2.75) is 32.5 Å². The SMILES string of the molecule is C=C1C=C(c2ccccc2)C(C(=O)NCC(=O)OC(C)(C)C)O1. The molecular weight excluding hydrogens is 294 g/mol. The van der Waals surface area contributed by atoms with Crippen molar-refractivity contribution in [3.05, 3.63) is 54.3 Å². The van der Waals surface area contributed by atoms with E-state index in [2.05, 4.69) is 11.9 Å². The lowest BCUT2D eigenvalue weighted by molar-refractivity contribution is -0.154. The van der Waals surface area contributed by atoms with Gasteiger partial charge in [0, 0.05) is 5.57 Å². The Hall–Kier alpha value is -2.56. The minimum atomic E-state index is -0.813. The van der Waals surface area contributed by atoms with Gasteiger partial charge in [-0.3, -0.25) is 9.59 Å². The highest BCUT2D eigenvalue weighted by Gasteiger charge is 2.31. The fourth-order valence-electron chi connectivity index (χ4n) is 2.19. The first-order valence-electron chi connectivity index (χ1n) is 7.38. The number of ether oxygens (including phenoxy) is 2. The number of hydrogen-bond donors (Lipinski definition) is 1. The van der Waals surface area contributed by atoms with Gasteiger partial charge < -0.3 is 14.8 Å². The van der Waals surface area contributed by atoms with E-state index in [1.807, 2.05) is 30.3 Å². The summed E-state index contributed by atoms with van der Waals surface area (Å²) in [5, 5.41) is 2.55. The number of nitrogens with one attached hydrogen (secondary N) is 1. The lowest BCUT2D eigenvalue weighted by atomic mass is 10.0. The minimum absolute atomic E-state index is 0.204. The lowest BCUT2D eigenvalue weighted by Crippen LogP contribution is -2.40. The predicted octanol–water partition coefficient (Wildman–Crippen LogP) is 2.44. The van der Waals surface area contributed by atoms with Crippen LogP contribution in [0, 0.1) is 0 Å². The number of amides is 1. The van der Waals surface area contributed by atoms with Crippen molar-refractivity contribution in [2.75, 3.05) is 6.54 Å². The highest BCUT2D eigenvalue weighted by molar-refractivity contribution is 5.97. The molecule has 0 saturated carbocycles.